The van der Waals surface area contributed by atoms with Crippen molar-refractivity contribution in [1.82, 2.24) is 0 Å². The summed E-state index contributed by atoms with van der Waals surface area (Å²) in [5.74, 6) is -0.433. The van der Waals surface area contributed by atoms with Crippen molar-refractivity contribution < 1.29 is 9.53 Å². The van der Waals surface area contributed by atoms with E-state index < -0.39 is 0 Å². The molecule has 1 N–H and O–H groups in total. The minimum atomic E-state index is -0.343. The lowest BCUT2D eigenvalue weighted by Gasteiger charge is -2.30. The van der Waals surface area contributed by atoms with Crippen LogP contribution in [0, 0.1) is 5.92 Å². The molecule has 0 amide bonds. The largest absolute Gasteiger partial charge is 0.469 e. The van der Waals surface area contributed by atoms with E-state index in [0.29, 0.717) is 5.02 Å². The Kier molecular flexibility index (Phi) is 4.17. The van der Waals surface area contributed by atoms with E-state index in [4.69, 9.17) is 16.3 Å². The van der Waals surface area contributed by atoms with Gasteiger partial charge in [0.05, 0.1) is 18.0 Å². The van der Waals surface area contributed by atoms with Gasteiger partial charge in [0.15, 0.2) is 0 Å². The normalized spacial score (nSPS) is 18.5. The number of benzene rings is 1. The Balaban J connectivity index is 1.94. The molecule has 0 bridgehead atoms. The van der Waals surface area contributed by atoms with Crippen LogP contribution in [0.2, 0.25) is 5.02 Å². The van der Waals surface area contributed by atoms with E-state index >= 15 is 0 Å². The van der Waals surface area contributed by atoms with Crippen molar-refractivity contribution in [1.29, 1.82) is 0 Å². The molecule has 1 aliphatic rings. The number of hydrogen-bond acceptors (Lipinski definition) is 4. The van der Waals surface area contributed by atoms with Gasteiger partial charge in [-0.1, -0.05) is 29.8 Å². The Morgan fingerprint density at radius 3 is 3.00 bits per heavy atom. The molecular formula is C16H16ClNO2S. The highest BCUT2D eigenvalue weighted by molar-refractivity contribution is 7.14. The van der Waals surface area contributed by atoms with E-state index in [9.17, 15) is 4.79 Å². The number of hydrogen-bond donors (Lipinski definition) is 1. The second-order valence-corrected chi connectivity index (χ2v) is 6.47. The molecule has 3 nitrogen and oxygen atoms in total. The number of esters is 1. The number of carbonyl (C=O) groups excluding carboxylic acids is 1. The predicted octanol–water partition coefficient (Wildman–Crippen LogP) is 3.94. The monoisotopic (exact) mass is 321 g/mol. The van der Waals surface area contributed by atoms with Crippen LogP contribution in [-0.2, 0) is 16.0 Å². The van der Waals surface area contributed by atoms with Gasteiger partial charge in [0, 0.05) is 11.6 Å². The van der Waals surface area contributed by atoms with Crippen molar-refractivity contribution in [3.05, 3.63) is 51.9 Å². The summed E-state index contributed by atoms with van der Waals surface area (Å²) in [7, 11) is 1.43. The zero-order chi connectivity index (χ0) is 14.8. The molecule has 0 aliphatic carbocycles. The van der Waals surface area contributed by atoms with Crippen LogP contribution in [0.5, 0.6) is 0 Å². The summed E-state index contributed by atoms with van der Waals surface area (Å²) < 4.78 is 5.02. The minimum Gasteiger partial charge on any atom is -0.469 e. The van der Waals surface area contributed by atoms with Crippen molar-refractivity contribution in [2.45, 2.75) is 12.3 Å². The Hall–Kier alpha value is -1.52. The first-order chi connectivity index (χ1) is 10.2. The first-order valence-corrected chi connectivity index (χ1v) is 8.09. The molecule has 1 aliphatic heterocycles. The number of rotatable bonds is 3. The standard InChI is InChI=1S/C16H16ClNO2S/c1-20-16(19)14(12-4-2-3-5-13(12)17)11-8-10-6-7-21-15(10)18-9-11/h2-7,11,14,18H,8-9H2,1H3/t11?,14-/m0/s1. The smallest absolute Gasteiger partial charge is 0.313 e. The van der Waals surface area contributed by atoms with Crippen LogP contribution in [0.25, 0.3) is 0 Å². The molecule has 1 unspecified atom stereocenters. The van der Waals surface area contributed by atoms with E-state index in [0.717, 1.165) is 18.5 Å². The summed E-state index contributed by atoms with van der Waals surface area (Å²) in [5, 5.41) is 7.30. The average Bonchev–Trinajstić information content (AvgIpc) is 2.97. The van der Waals surface area contributed by atoms with Crippen LogP contribution in [0.4, 0.5) is 5.00 Å². The van der Waals surface area contributed by atoms with Crippen LogP contribution < -0.4 is 5.32 Å². The number of ether oxygens (including phenoxy) is 1. The number of anilines is 1. The summed E-state index contributed by atoms with van der Waals surface area (Å²) in [4.78, 5) is 12.3. The topological polar surface area (TPSA) is 38.3 Å². The Morgan fingerprint density at radius 1 is 1.43 bits per heavy atom. The maximum absolute atomic E-state index is 12.3. The molecule has 1 aromatic heterocycles. The molecule has 2 atom stereocenters. The molecule has 1 aromatic carbocycles. The fraction of sp³-hybridized carbons (Fsp3) is 0.312. The second-order valence-electron chi connectivity index (χ2n) is 5.14. The molecule has 21 heavy (non-hydrogen) atoms. The summed E-state index contributed by atoms with van der Waals surface area (Å²) in [5.41, 5.74) is 2.11. The Morgan fingerprint density at radius 2 is 2.24 bits per heavy atom. The number of halogens is 1. The number of fused-ring (bicyclic) bond motifs is 1. The van der Waals surface area contributed by atoms with Gasteiger partial charge in [-0.2, -0.15) is 0 Å². The van der Waals surface area contributed by atoms with Gasteiger partial charge in [-0.05, 0) is 41.0 Å². The molecule has 0 fully saturated rings. The molecule has 0 radical (unpaired) electrons. The van der Waals surface area contributed by atoms with Crippen LogP contribution in [0.3, 0.4) is 0 Å². The fourth-order valence-corrected chi connectivity index (χ4v) is 3.98. The Bertz CT molecular complexity index is 655. The summed E-state index contributed by atoms with van der Waals surface area (Å²) in [6, 6.07) is 9.62. The number of thiophene rings is 1. The molecule has 2 heterocycles. The molecular weight excluding hydrogens is 306 g/mol. The number of methoxy groups -OCH3 is 1. The maximum atomic E-state index is 12.3. The highest BCUT2D eigenvalue weighted by Crippen LogP contribution is 2.38. The van der Waals surface area contributed by atoms with Gasteiger partial charge in [0.25, 0.3) is 0 Å². The van der Waals surface area contributed by atoms with Crippen LogP contribution >= 0.6 is 22.9 Å². The third-order valence-corrected chi connectivity index (χ3v) is 5.18. The van der Waals surface area contributed by atoms with E-state index in [1.807, 2.05) is 24.3 Å². The first kappa shape index (κ1) is 14.4. The van der Waals surface area contributed by atoms with E-state index in [2.05, 4.69) is 16.8 Å². The van der Waals surface area contributed by atoms with Crippen LogP contribution in [0.1, 0.15) is 17.0 Å². The van der Waals surface area contributed by atoms with Crippen molar-refractivity contribution in [3.8, 4) is 0 Å². The summed E-state index contributed by atoms with van der Waals surface area (Å²) in [6.07, 6.45) is 0.858. The van der Waals surface area contributed by atoms with Gasteiger partial charge in [-0.3, -0.25) is 4.79 Å². The zero-order valence-corrected chi connectivity index (χ0v) is 13.2. The fourth-order valence-electron chi connectivity index (χ4n) is 2.89. The van der Waals surface area contributed by atoms with Crippen molar-refractivity contribution in [3.63, 3.8) is 0 Å². The van der Waals surface area contributed by atoms with Gasteiger partial charge in [0.2, 0.25) is 0 Å². The van der Waals surface area contributed by atoms with Crippen molar-refractivity contribution in [2.75, 3.05) is 19.0 Å². The van der Waals surface area contributed by atoms with Crippen molar-refractivity contribution >= 4 is 33.9 Å². The van der Waals surface area contributed by atoms with Gasteiger partial charge in [-0.15, -0.1) is 11.3 Å². The zero-order valence-electron chi connectivity index (χ0n) is 11.6. The molecule has 5 heteroatoms. The quantitative estimate of drug-likeness (QED) is 0.870. The molecule has 3 rings (SSSR count). The summed E-state index contributed by atoms with van der Waals surface area (Å²) >= 11 is 7.99. The van der Waals surface area contributed by atoms with Gasteiger partial charge in [0.1, 0.15) is 0 Å². The van der Waals surface area contributed by atoms with Gasteiger partial charge in [-0.25, -0.2) is 0 Å². The summed E-state index contributed by atoms with van der Waals surface area (Å²) in [6.45, 7) is 0.749. The number of nitrogens with one attached hydrogen (secondary N) is 1. The average molecular weight is 322 g/mol. The van der Waals surface area contributed by atoms with E-state index in [-0.39, 0.29) is 17.8 Å². The van der Waals surface area contributed by atoms with Gasteiger partial charge >= 0.3 is 5.97 Å². The van der Waals surface area contributed by atoms with E-state index in [1.54, 1.807) is 11.3 Å². The molecule has 0 saturated heterocycles. The maximum Gasteiger partial charge on any atom is 0.313 e. The van der Waals surface area contributed by atoms with Crippen molar-refractivity contribution in [2.24, 2.45) is 5.92 Å². The molecule has 0 spiro atoms. The lowest BCUT2D eigenvalue weighted by molar-refractivity contribution is -0.143. The highest BCUT2D eigenvalue weighted by atomic mass is 35.5. The molecule has 2 aromatic rings. The third-order valence-electron chi connectivity index (χ3n) is 3.92. The Labute approximate surface area is 132 Å². The number of carbonyl (C=O) groups is 1. The minimum absolute atomic E-state index is 0.138. The van der Waals surface area contributed by atoms with Gasteiger partial charge < -0.3 is 10.1 Å². The molecule has 110 valence electrons. The second kappa shape index (κ2) is 6.08. The third kappa shape index (κ3) is 2.78. The van der Waals surface area contributed by atoms with Crippen LogP contribution in [-0.4, -0.2) is 19.6 Å². The molecule has 0 saturated carbocycles. The lowest BCUT2D eigenvalue weighted by Crippen LogP contribution is -2.32. The first-order valence-electron chi connectivity index (χ1n) is 6.83. The van der Waals surface area contributed by atoms with E-state index in [1.165, 1.54) is 17.7 Å². The van der Waals surface area contributed by atoms with Crippen LogP contribution in [0.15, 0.2) is 35.7 Å². The SMILES string of the molecule is COC(=O)[C@H](c1ccccc1Cl)C1CNc2sccc2C1. The lowest BCUT2D eigenvalue weighted by atomic mass is 9.81. The highest BCUT2D eigenvalue weighted by Gasteiger charge is 2.34. The predicted molar refractivity (Wildman–Crippen MR) is 86.2 cm³/mol.